The zero-order valence-electron chi connectivity index (χ0n) is 14.8. The van der Waals surface area contributed by atoms with Gasteiger partial charge >= 0.3 is 6.03 Å². The second-order valence-electron chi connectivity index (χ2n) is 6.81. The summed E-state index contributed by atoms with van der Waals surface area (Å²) in [4.78, 5) is 16.1. The van der Waals surface area contributed by atoms with Gasteiger partial charge in [0.05, 0.1) is 6.04 Å². The van der Waals surface area contributed by atoms with Crippen molar-refractivity contribution in [2.24, 2.45) is 5.92 Å². The number of thiophene rings is 1. The average molecular weight is 358 g/mol. The maximum atomic E-state index is 12.2. The number of amides is 2. The Morgan fingerprint density at radius 2 is 2.12 bits per heavy atom. The van der Waals surface area contributed by atoms with Crippen LogP contribution in [0.3, 0.4) is 0 Å². The first-order valence-corrected chi connectivity index (χ1v) is 9.92. The molecule has 2 unspecified atom stereocenters. The minimum absolute atomic E-state index is 0.0166. The lowest BCUT2D eigenvalue weighted by atomic mass is 9.98. The number of hydrogen-bond acceptors (Lipinski definition) is 3. The Morgan fingerprint density at radius 1 is 1.28 bits per heavy atom. The fourth-order valence-corrected chi connectivity index (χ4v) is 4.14. The Kier molecular flexibility index (Phi) is 6.48. The second-order valence-corrected chi connectivity index (χ2v) is 7.84. The number of carbonyl (C=O) groups is 1. The topological polar surface area (TPSA) is 44.4 Å². The Morgan fingerprint density at radius 3 is 2.88 bits per heavy atom. The number of urea groups is 1. The van der Waals surface area contributed by atoms with Crippen LogP contribution in [0.25, 0.3) is 0 Å². The third-order valence-corrected chi connectivity index (χ3v) is 5.62. The predicted molar refractivity (Wildman–Crippen MR) is 104 cm³/mol. The van der Waals surface area contributed by atoms with Gasteiger partial charge in [-0.3, -0.25) is 4.90 Å². The molecule has 2 atom stereocenters. The maximum Gasteiger partial charge on any atom is 0.315 e. The van der Waals surface area contributed by atoms with E-state index in [0.29, 0.717) is 5.92 Å². The molecule has 4 nitrogen and oxygen atoms in total. The number of nitrogens with one attached hydrogen (secondary N) is 2. The number of rotatable bonds is 6. The summed E-state index contributed by atoms with van der Waals surface area (Å²) in [5, 5.41) is 8.22. The van der Waals surface area contributed by atoms with E-state index in [2.05, 4.69) is 33.0 Å². The van der Waals surface area contributed by atoms with E-state index in [4.69, 9.17) is 0 Å². The Bertz CT molecular complexity index is 644. The van der Waals surface area contributed by atoms with Crippen LogP contribution in [-0.4, -0.2) is 30.6 Å². The minimum atomic E-state index is -0.0771. The number of nitrogens with zero attached hydrogens (tertiary/aromatic N) is 1. The van der Waals surface area contributed by atoms with Crippen molar-refractivity contribution in [2.75, 3.05) is 19.6 Å². The molecule has 25 heavy (non-hydrogen) atoms. The van der Waals surface area contributed by atoms with E-state index in [1.807, 2.05) is 48.6 Å². The van der Waals surface area contributed by atoms with E-state index in [0.717, 1.165) is 31.7 Å². The van der Waals surface area contributed by atoms with E-state index in [1.165, 1.54) is 17.7 Å². The molecule has 1 fully saturated rings. The number of piperidine rings is 1. The van der Waals surface area contributed by atoms with E-state index >= 15 is 0 Å². The monoisotopic (exact) mass is 357 g/mol. The number of hydrogen-bond donors (Lipinski definition) is 2. The van der Waals surface area contributed by atoms with Crippen LogP contribution < -0.4 is 10.6 Å². The maximum absolute atomic E-state index is 12.2. The average Bonchev–Trinajstić information content (AvgIpc) is 3.14. The van der Waals surface area contributed by atoms with E-state index < -0.39 is 0 Å². The van der Waals surface area contributed by atoms with Crippen molar-refractivity contribution in [3.8, 4) is 0 Å². The number of likely N-dealkylation sites (tertiary alicyclic amines) is 1. The van der Waals surface area contributed by atoms with Gasteiger partial charge in [0.25, 0.3) is 0 Å². The standard InChI is InChI=1S/C20H27N3OS/c1-16(18-8-3-2-4-9-18)22-20(24)21-13-17-7-5-11-23(14-17)15-19-10-6-12-25-19/h2-4,6,8-10,12,16-17H,5,7,11,13-15H2,1H3,(H2,21,22,24). The number of benzene rings is 1. The highest BCUT2D eigenvalue weighted by molar-refractivity contribution is 7.09. The molecule has 1 aliphatic rings. The van der Waals surface area contributed by atoms with Crippen molar-refractivity contribution in [3.05, 3.63) is 58.3 Å². The molecule has 0 saturated carbocycles. The molecule has 0 bridgehead atoms. The molecule has 2 aromatic rings. The molecule has 3 rings (SSSR count). The molecule has 1 aromatic carbocycles. The summed E-state index contributed by atoms with van der Waals surface area (Å²) in [7, 11) is 0. The first kappa shape index (κ1) is 18.0. The summed E-state index contributed by atoms with van der Waals surface area (Å²) in [5.41, 5.74) is 1.12. The van der Waals surface area contributed by atoms with Gasteiger partial charge in [0.1, 0.15) is 0 Å². The first-order valence-electron chi connectivity index (χ1n) is 9.05. The quantitative estimate of drug-likeness (QED) is 0.820. The van der Waals surface area contributed by atoms with Gasteiger partial charge in [-0.1, -0.05) is 36.4 Å². The molecular formula is C20H27N3OS. The molecule has 1 aliphatic heterocycles. The first-order chi connectivity index (χ1) is 12.2. The van der Waals surface area contributed by atoms with Crippen LogP contribution >= 0.6 is 11.3 Å². The van der Waals surface area contributed by atoms with Crippen molar-refractivity contribution in [1.82, 2.24) is 15.5 Å². The summed E-state index contributed by atoms with van der Waals surface area (Å²) in [6.45, 7) is 6.01. The third-order valence-electron chi connectivity index (χ3n) is 4.76. The molecule has 5 heteroatoms. The van der Waals surface area contributed by atoms with Crippen LogP contribution in [0.4, 0.5) is 4.79 Å². The van der Waals surface area contributed by atoms with Gasteiger partial charge < -0.3 is 10.6 Å². The van der Waals surface area contributed by atoms with Gasteiger partial charge in [0.2, 0.25) is 0 Å². The largest absolute Gasteiger partial charge is 0.338 e. The Hall–Kier alpha value is -1.85. The highest BCUT2D eigenvalue weighted by Gasteiger charge is 2.21. The van der Waals surface area contributed by atoms with Gasteiger partial charge in [-0.2, -0.15) is 0 Å². The summed E-state index contributed by atoms with van der Waals surface area (Å²) in [6.07, 6.45) is 2.40. The van der Waals surface area contributed by atoms with Crippen LogP contribution in [-0.2, 0) is 6.54 Å². The third kappa shape index (κ3) is 5.58. The predicted octanol–water partition coefficient (Wildman–Crippen LogP) is 4.02. The molecule has 1 aromatic heterocycles. The summed E-state index contributed by atoms with van der Waals surface area (Å²) in [6, 6.07) is 14.3. The lowest BCUT2D eigenvalue weighted by Gasteiger charge is -2.32. The molecule has 2 heterocycles. The molecule has 1 saturated heterocycles. The highest BCUT2D eigenvalue weighted by atomic mass is 32.1. The lowest BCUT2D eigenvalue weighted by molar-refractivity contribution is 0.166. The van der Waals surface area contributed by atoms with Crippen LogP contribution in [0.15, 0.2) is 47.8 Å². The molecule has 2 amide bonds. The van der Waals surface area contributed by atoms with Crippen molar-refractivity contribution in [1.29, 1.82) is 0 Å². The van der Waals surface area contributed by atoms with Crippen LogP contribution in [0.1, 0.15) is 36.2 Å². The fourth-order valence-electron chi connectivity index (χ4n) is 3.39. The molecular weight excluding hydrogens is 330 g/mol. The molecule has 134 valence electrons. The molecule has 0 spiro atoms. The minimum Gasteiger partial charge on any atom is -0.338 e. The van der Waals surface area contributed by atoms with Crippen LogP contribution in [0, 0.1) is 5.92 Å². The summed E-state index contributed by atoms with van der Waals surface area (Å²) < 4.78 is 0. The number of carbonyl (C=O) groups excluding carboxylic acids is 1. The van der Waals surface area contributed by atoms with Crippen molar-refractivity contribution >= 4 is 17.4 Å². The van der Waals surface area contributed by atoms with Crippen LogP contribution in [0.2, 0.25) is 0 Å². The fraction of sp³-hybridized carbons (Fsp3) is 0.450. The van der Waals surface area contributed by atoms with Gasteiger partial charge in [-0.05, 0) is 49.2 Å². The van der Waals surface area contributed by atoms with Gasteiger partial charge in [-0.15, -0.1) is 11.3 Å². The van der Waals surface area contributed by atoms with E-state index in [-0.39, 0.29) is 12.1 Å². The summed E-state index contributed by atoms with van der Waals surface area (Å²) >= 11 is 1.82. The van der Waals surface area contributed by atoms with Crippen molar-refractivity contribution in [3.63, 3.8) is 0 Å². The Balaban J connectivity index is 1.40. The lowest BCUT2D eigenvalue weighted by Crippen LogP contribution is -2.43. The second kappa shape index (κ2) is 9.02. The molecule has 2 N–H and O–H groups in total. The SMILES string of the molecule is CC(NC(=O)NCC1CCCN(Cc2cccs2)C1)c1ccccc1. The summed E-state index contributed by atoms with van der Waals surface area (Å²) in [5.74, 6) is 0.534. The van der Waals surface area contributed by atoms with E-state index in [9.17, 15) is 4.79 Å². The van der Waals surface area contributed by atoms with Gasteiger partial charge in [0, 0.05) is 24.5 Å². The molecule has 0 radical (unpaired) electrons. The van der Waals surface area contributed by atoms with Crippen LogP contribution in [0.5, 0.6) is 0 Å². The van der Waals surface area contributed by atoms with E-state index in [1.54, 1.807) is 0 Å². The van der Waals surface area contributed by atoms with Crippen molar-refractivity contribution in [2.45, 2.75) is 32.4 Å². The Labute approximate surface area is 154 Å². The zero-order chi connectivity index (χ0) is 17.5. The van der Waals surface area contributed by atoms with Gasteiger partial charge in [-0.25, -0.2) is 4.79 Å². The highest BCUT2D eigenvalue weighted by Crippen LogP contribution is 2.20. The zero-order valence-corrected chi connectivity index (χ0v) is 15.6. The van der Waals surface area contributed by atoms with Crippen molar-refractivity contribution < 1.29 is 4.79 Å². The normalized spacial score (nSPS) is 19.3. The molecule has 0 aliphatic carbocycles. The van der Waals surface area contributed by atoms with Gasteiger partial charge in [0.15, 0.2) is 0 Å². The smallest absolute Gasteiger partial charge is 0.315 e.